The lowest BCUT2D eigenvalue weighted by molar-refractivity contribution is 1.16. The van der Waals surface area contributed by atoms with Crippen LogP contribution in [0.3, 0.4) is 0 Å². The number of benzene rings is 4. The summed E-state index contributed by atoms with van der Waals surface area (Å²) in [6.45, 7) is 0. The van der Waals surface area contributed by atoms with E-state index in [1.54, 1.807) is 0 Å². The van der Waals surface area contributed by atoms with Crippen LogP contribution in [0.25, 0.3) is 65.9 Å². The quantitative estimate of drug-likeness (QED) is 0.229. The highest BCUT2D eigenvalue weighted by atomic mass is 15.0. The molecule has 4 aromatic heterocycles. The van der Waals surface area contributed by atoms with Gasteiger partial charge in [-0.3, -0.25) is 9.38 Å². The Morgan fingerprint density at radius 2 is 1.46 bits per heavy atom. The summed E-state index contributed by atoms with van der Waals surface area (Å²) in [6, 6.07) is 30.9. The van der Waals surface area contributed by atoms with E-state index >= 15 is 0 Å². The molecule has 0 bridgehead atoms. The van der Waals surface area contributed by atoms with E-state index < -0.39 is 0 Å². The topological polar surface area (TPSA) is 35.1 Å². The molecule has 0 saturated carbocycles. The lowest BCUT2D eigenvalue weighted by Crippen LogP contribution is -1.98. The van der Waals surface area contributed by atoms with Gasteiger partial charge >= 0.3 is 0 Å². The van der Waals surface area contributed by atoms with Gasteiger partial charge in [-0.05, 0) is 46.5 Å². The van der Waals surface area contributed by atoms with Gasteiger partial charge in [-0.15, -0.1) is 0 Å². The van der Waals surface area contributed by atoms with Gasteiger partial charge < -0.3 is 4.57 Å². The predicted octanol–water partition coefficient (Wildman–Crippen LogP) is 7.70. The van der Waals surface area contributed by atoms with Crippen LogP contribution in [0.1, 0.15) is 11.1 Å². The van der Waals surface area contributed by atoms with Crippen LogP contribution in [0, 0.1) is 0 Å². The van der Waals surface area contributed by atoms with Crippen molar-refractivity contribution in [3.05, 3.63) is 121 Å². The van der Waals surface area contributed by atoms with Crippen LogP contribution < -0.4 is 0 Å². The van der Waals surface area contributed by atoms with Crippen LogP contribution in [0.2, 0.25) is 0 Å². The molecule has 9 rings (SSSR count). The van der Waals surface area contributed by atoms with Gasteiger partial charge in [0.15, 0.2) is 0 Å². The maximum absolute atomic E-state index is 4.77. The summed E-state index contributed by atoms with van der Waals surface area (Å²) in [7, 11) is 0. The summed E-state index contributed by atoms with van der Waals surface area (Å²) in [4.78, 5) is 9.24. The number of rotatable bonds is 1. The summed E-state index contributed by atoms with van der Waals surface area (Å²) in [6.07, 6.45) is 8.69. The Kier molecular flexibility index (Phi) is 3.55. The molecule has 8 aromatic rings. The van der Waals surface area contributed by atoms with Crippen molar-refractivity contribution in [2.75, 3.05) is 0 Å². The monoisotopic (exact) mass is 472 g/mol. The Labute approximate surface area is 212 Å². The maximum Gasteiger partial charge on any atom is 0.145 e. The Balaban J connectivity index is 1.58. The number of fused-ring (bicyclic) bond motifs is 14. The van der Waals surface area contributed by atoms with E-state index in [9.17, 15) is 0 Å². The largest absolute Gasteiger partial charge is 0.308 e. The van der Waals surface area contributed by atoms with Crippen LogP contribution in [-0.4, -0.2) is 18.9 Å². The van der Waals surface area contributed by atoms with Gasteiger partial charge in [-0.25, -0.2) is 4.98 Å². The van der Waals surface area contributed by atoms with Crippen molar-refractivity contribution in [2.24, 2.45) is 0 Å². The summed E-state index contributed by atoms with van der Waals surface area (Å²) in [5.74, 6) is 0. The number of para-hydroxylation sites is 1. The number of aromatic nitrogens is 4. The molecule has 0 saturated heterocycles. The Morgan fingerprint density at radius 1 is 0.649 bits per heavy atom. The van der Waals surface area contributed by atoms with E-state index in [2.05, 4.69) is 98.9 Å². The minimum atomic E-state index is 0.944. The minimum absolute atomic E-state index is 0.944. The molecule has 37 heavy (non-hydrogen) atoms. The SMILES string of the molecule is c1ccc(-n2c3c4c(ccc3c3ccc5c(c6ccncc6n6ccnc56)c32)-c2ccccc2C4)cc1. The summed E-state index contributed by atoms with van der Waals surface area (Å²) < 4.78 is 4.65. The van der Waals surface area contributed by atoms with Gasteiger partial charge in [-0.2, -0.15) is 0 Å². The minimum Gasteiger partial charge on any atom is -0.308 e. The van der Waals surface area contributed by atoms with Gasteiger partial charge in [0.2, 0.25) is 0 Å². The van der Waals surface area contributed by atoms with E-state index in [1.165, 1.54) is 60.5 Å². The van der Waals surface area contributed by atoms with E-state index in [4.69, 9.17) is 4.98 Å². The second kappa shape index (κ2) is 6.83. The van der Waals surface area contributed by atoms with Crippen LogP contribution in [0.4, 0.5) is 0 Å². The fraction of sp³-hybridized carbons (Fsp3) is 0.0303. The highest BCUT2D eigenvalue weighted by Gasteiger charge is 2.26. The Morgan fingerprint density at radius 3 is 2.41 bits per heavy atom. The average Bonchev–Trinajstić information content (AvgIpc) is 3.67. The lowest BCUT2D eigenvalue weighted by atomic mass is 10.0. The fourth-order valence-corrected chi connectivity index (χ4v) is 6.60. The molecule has 4 heteroatoms. The normalized spacial score (nSPS) is 12.8. The van der Waals surface area contributed by atoms with Gasteiger partial charge in [-0.1, -0.05) is 60.7 Å². The molecular weight excluding hydrogens is 452 g/mol. The van der Waals surface area contributed by atoms with Crippen LogP contribution >= 0.6 is 0 Å². The van der Waals surface area contributed by atoms with Crippen molar-refractivity contribution in [1.29, 1.82) is 0 Å². The zero-order valence-corrected chi connectivity index (χ0v) is 19.9. The molecule has 0 aliphatic heterocycles. The smallest absolute Gasteiger partial charge is 0.145 e. The molecule has 0 atom stereocenters. The molecule has 4 heterocycles. The van der Waals surface area contributed by atoms with Crippen LogP contribution in [0.5, 0.6) is 0 Å². The Bertz CT molecular complexity index is 2220. The van der Waals surface area contributed by atoms with E-state index in [-0.39, 0.29) is 0 Å². The van der Waals surface area contributed by atoms with Gasteiger partial charge in [0.25, 0.3) is 0 Å². The van der Waals surface area contributed by atoms with Crippen molar-refractivity contribution in [3.63, 3.8) is 0 Å². The molecule has 0 radical (unpaired) electrons. The third-order valence-corrected chi connectivity index (χ3v) is 8.10. The summed E-state index contributed by atoms with van der Waals surface area (Å²) in [5, 5.41) is 6.10. The zero-order chi connectivity index (χ0) is 24.1. The molecule has 4 nitrogen and oxygen atoms in total. The second-order valence-electron chi connectivity index (χ2n) is 9.89. The number of hydrogen-bond acceptors (Lipinski definition) is 2. The first-order chi connectivity index (χ1) is 18.4. The van der Waals surface area contributed by atoms with Gasteiger partial charge in [0, 0.05) is 57.6 Å². The van der Waals surface area contributed by atoms with E-state index in [0.717, 1.165) is 23.0 Å². The van der Waals surface area contributed by atoms with Crippen molar-refractivity contribution in [2.45, 2.75) is 6.42 Å². The number of hydrogen-bond donors (Lipinski definition) is 0. The van der Waals surface area contributed by atoms with Crippen LogP contribution in [-0.2, 0) is 6.42 Å². The highest BCUT2D eigenvalue weighted by Crippen LogP contribution is 2.46. The van der Waals surface area contributed by atoms with Crippen molar-refractivity contribution in [3.8, 4) is 16.8 Å². The molecular formula is C33H20N4. The third kappa shape index (κ3) is 2.37. The first-order valence-corrected chi connectivity index (χ1v) is 12.6. The molecule has 0 N–H and O–H groups in total. The molecule has 172 valence electrons. The molecule has 0 unspecified atom stereocenters. The van der Waals surface area contributed by atoms with Crippen molar-refractivity contribution >= 4 is 49.1 Å². The third-order valence-electron chi connectivity index (χ3n) is 8.10. The molecule has 0 spiro atoms. The number of nitrogens with zero attached hydrogens (tertiary/aromatic N) is 4. The number of imidazole rings is 1. The molecule has 0 fully saturated rings. The van der Waals surface area contributed by atoms with E-state index in [0.29, 0.717) is 0 Å². The predicted molar refractivity (Wildman–Crippen MR) is 151 cm³/mol. The van der Waals surface area contributed by atoms with Gasteiger partial charge in [0.05, 0.1) is 22.7 Å². The Hall–Kier alpha value is -4.96. The first-order valence-electron chi connectivity index (χ1n) is 12.6. The lowest BCUT2D eigenvalue weighted by Gasteiger charge is -2.14. The molecule has 1 aliphatic carbocycles. The van der Waals surface area contributed by atoms with Crippen molar-refractivity contribution in [1.82, 2.24) is 18.9 Å². The molecule has 4 aromatic carbocycles. The maximum atomic E-state index is 4.77. The van der Waals surface area contributed by atoms with E-state index in [1.807, 2.05) is 24.8 Å². The first kappa shape index (κ1) is 19.3. The average molecular weight is 473 g/mol. The van der Waals surface area contributed by atoms with Crippen molar-refractivity contribution < 1.29 is 0 Å². The fourth-order valence-electron chi connectivity index (χ4n) is 6.60. The summed E-state index contributed by atoms with van der Waals surface area (Å²) >= 11 is 0. The molecule has 1 aliphatic rings. The second-order valence-corrected chi connectivity index (χ2v) is 9.89. The summed E-state index contributed by atoms with van der Waals surface area (Å²) in [5.41, 5.74) is 11.2. The number of pyridine rings is 2. The van der Waals surface area contributed by atoms with Crippen LogP contribution in [0.15, 0.2) is 110 Å². The zero-order valence-electron chi connectivity index (χ0n) is 19.9. The standard InChI is InChI=1S/C33H20N4/c1-2-7-21(8-3-1)37-31-24(11-10-23-22-9-5-4-6-20(22)18-28(23)31)25-12-13-27-30(32(25)37)26-14-15-34-19-29(26)36-17-16-35-33(27)36/h1-17,19H,18H2. The van der Waals surface area contributed by atoms with Gasteiger partial charge in [0.1, 0.15) is 5.65 Å². The molecule has 0 amide bonds. The highest BCUT2D eigenvalue weighted by molar-refractivity contribution is 6.27.